The number of likely N-dealkylation sites (N-methyl/N-ethyl adjacent to an activating group) is 1. The normalized spacial score (nSPS) is 12.6. The summed E-state index contributed by atoms with van der Waals surface area (Å²) in [6.45, 7) is 8.30. The van der Waals surface area contributed by atoms with Crippen molar-refractivity contribution in [2.45, 2.75) is 65.1 Å². The molecule has 0 radical (unpaired) electrons. The number of benzene rings is 1. The third kappa shape index (κ3) is 10.2. The van der Waals surface area contributed by atoms with Gasteiger partial charge < -0.3 is 35.8 Å². The fraction of sp³-hybridized carbons (Fsp3) is 0.542. The molecule has 2 unspecified atom stereocenters. The predicted molar refractivity (Wildman–Crippen MR) is 129 cm³/mol. The fourth-order valence-corrected chi connectivity index (χ4v) is 3.30. The molecule has 1 rings (SSSR count). The number of nitrogens with two attached hydrogens (primary N) is 1. The number of phenolic OH excluding ortho intramolecular Hbond substituents is 1. The maximum atomic E-state index is 13.5. The van der Waals surface area contributed by atoms with Crippen molar-refractivity contribution >= 4 is 29.8 Å². The van der Waals surface area contributed by atoms with Crippen LogP contribution in [0.4, 0.5) is 4.79 Å². The van der Waals surface area contributed by atoms with E-state index in [-0.39, 0.29) is 37.4 Å². The Hall–Kier alpha value is -3.83. The predicted octanol–water partition coefficient (Wildman–Crippen LogP) is 1.12. The van der Waals surface area contributed by atoms with Crippen LogP contribution in [0.1, 0.15) is 59.1 Å². The van der Waals surface area contributed by atoms with Crippen LogP contribution in [0.5, 0.6) is 5.75 Å². The first kappa shape index (κ1) is 30.2. The molecule has 200 valence electrons. The topological polar surface area (TPSA) is 177 Å². The Morgan fingerprint density at radius 1 is 1.14 bits per heavy atom. The molecule has 0 fully saturated rings. The first-order valence-corrected chi connectivity index (χ1v) is 11.6. The van der Waals surface area contributed by atoms with Gasteiger partial charge in [-0.2, -0.15) is 0 Å². The Morgan fingerprint density at radius 3 is 2.33 bits per heavy atom. The van der Waals surface area contributed by atoms with Crippen LogP contribution in [0.25, 0.3) is 0 Å². The molecule has 0 bridgehead atoms. The number of ether oxygens (including phenoxy) is 2. The number of rotatable bonds is 12. The number of amides is 4. The number of carbonyl (C=O) groups excluding carboxylic acids is 5. The number of carbonyl (C=O) groups is 5. The van der Waals surface area contributed by atoms with Crippen LogP contribution < -0.4 is 16.4 Å². The molecule has 0 aliphatic carbocycles. The van der Waals surface area contributed by atoms with Gasteiger partial charge in [0, 0.05) is 13.1 Å². The fourth-order valence-electron chi connectivity index (χ4n) is 3.30. The average molecular weight is 509 g/mol. The van der Waals surface area contributed by atoms with Crippen molar-refractivity contribution < 1.29 is 38.6 Å². The molecule has 12 nitrogen and oxygen atoms in total. The Labute approximate surface area is 210 Å². The average Bonchev–Trinajstić information content (AvgIpc) is 2.74. The number of esters is 1. The number of hydrogen-bond acceptors (Lipinski definition) is 8. The van der Waals surface area contributed by atoms with Crippen molar-refractivity contribution in [3.05, 3.63) is 29.8 Å². The zero-order valence-electron chi connectivity index (χ0n) is 21.3. The van der Waals surface area contributed by atoms with Gasteiger partial charge in [0.1, 0.15) is 23.4 Å². The Bertz CT molecular complexity index is 944. The molecule has 5 N–H and O–H groups in total. The zero-order chi connectivity index (χ0) is 27.5. The van der Waals surface area contributed by atoms with Gasteiger partial charge in [-0.25, -0.2) is 4.79 Å². The van der Waals surface area contributed by atoms with Crippen LogP contribution >= 0.6 is 0 Å². The van der Waals surface area contributed by atoms with E-state index in [4.69, 9.17) is 15.2 Å². The minimum Gasteiger partial charge on any atom is -0.508 e. The minimum absolute atomic E-state index is 0.00425. The Morgan fingerprint density at radius 2 is 1.81 bits per heavy atom. The van der Waals surface area contributed by atoms with E-state index < -0.39 is 53.9 Å². The largest absolute Gasteiger partial charge is 0.508 e. The Balaban J connectivity index is 3.27. The lowest BCUT2D eigenvalue weighted by molar-refractivity contribution is -0.144. The second-order valence-corrected chi connectivity index (χ2v) is 8.84. The summed E-state index contributed by atoms with van der Waals surface area (Å²) in [6.07, 6.45) is -1.56. The highest BCUT2D eigenvalue weighted by Gasteiger charge is 2.36. The van der Waals surface area contributed by atoms with Crippen molar-refractivity contribution in [1.29, 1.82) is 0 Å². The van der Waals surface area contributed by atoms with Crippen LogP contribution in [0, 0.1) is 0 Å². The van der Waals surface area contributed by atoms with Gasteiger partial charge in [-0.1, -0.05) is 12.1 Å². The van der Waals surface area contributed by atoms with Gasteiger partial charge >= 0.3 is 12.1 Å². The van der Waals surface area contributed by atoms with Crippen LogP contribution in [-0.2, 0) is 28.7 Å². The maximum Gasteiger partial charge on any atom is 0.408 e. The van der Waals surface area contributed by atoms with E-state index in [9.17, 15) is 29.1 Å². The van der Waals surface area contributed by atoms with E-state index in [1.807, 2.05) is 0 Å². The molecule has 2 atom stereocenters. The number of hydrogen-bond donors (Lipinski definition) is 4. The van der Waals surface area contributed by atoms with Gasteiger partial charge in [-0.3, -0.25) is 19.2 Å². The SMILES string of the molecule is CCOC(=O)CCNC(=O)C(c1cccc(O)c1)N(CC)C(=O)C(CC(N)=O)NC(=O)OC(C)(C)C. The summed E-state index contributed by atoms with van der Waals surface area (Å²) in [7, 11) is 0. The summed E-state index contributed by atoms with van der Waals surface area (Å²) in [5, 5.41) is 14.9. The first-order valence-electron chi connectivity index (χ1n) is 11.6. The molecule has 0 spiro atoms. The lowest BCUT2D eigenvalue weighted by Crippen LogP contribution is -2.54. The number of aromatic hydroxyl groups is 1. The van der Waals surface area contributed by atoms with Gasteiger partial charge in [-0.05, 0) is 52.3 Å². The van der Waals surface area contributed by atoms with Crippen LogP contribution in [0.2, 0.25) is 0 Å². The third-order valence-corrected chi connectivity index (χ3v) is 4.70. The maximum absolute atomic E-state index is 13.5. The number of primary amides is 1. The molecule has 1 aromatic carbocycles. The summed E-state index contributed by atoms with van der Waals surface area (Å²) >= 11 is 0. The monoisotopic (exact) mass is 508 g/mol. The molecule has 4 amide bonds. The van der Waals surface area contributed by atoms with Crippen molar-refractivity contribution in [3.63, 3.8) is 0 Å². The van der Waals surface area contributed by atoms with Gasteiger partial charge in [0.25, 0.3) is 0 Å². The summed E-state index contributed by atoms with van der Waals surface area (Å²) in [5.41, 5.74) is 4.71. The number of alkyl carbamates (subject to hydrolysis) is 1. The van der Waals surface area contributed by atoms with E-state index >= 15 is 0 Å². The summed E-state index contributed by atoms with van der Waals surface area (Å²) in [6, 6.07) is 3.09. The molecular formula is C24H36N4O8. The lowest BCUT2D eigenvalue weighted by atomic mass is 10.0. The van der Waals surface area contributed by atoms with Gasteiger partial charge in [0.05, 0.1) is 19.4 Å². The third-order valence-electron chi connectivity index (χ3n) is 4.70. The van der Waals surface area contributed by atoms with Crippen LogP contribution in [0.15, 0.2) is 24.3 Å². The van der Waals surface area contributed by atoms with Crippen molar-refractivity contribution in [3.8, 4) is 5.75 Å². The highest BCUT2D eigenvalue weighted by atomic mass is 16.6. The van der Waals surface area contributed by atoms with Crippen LogP contribution in [0.3, 0.4) is 0 Å². The van der Waals surface area contributed by atoms with Crippen molar-refractivity contribution in [1.82, 2.24) is 15.5 Å². The molecular weight excluding hydrogens is 472 g/mol. The van der Waals surface area contributed by atoms with E-state index in [2.05, 4.69) is 10.6 Å². The molecule has 12 heteroatoms. The highest BCUT2D eigenvalue weighted by molar-refractivity contribution is 5.94. The van der Waals surface area contributed by atoms with Gasteiger partial charge in [-0.15, -0.1) is 0 Å². The summed E-state index contributed by atoms with van der Waals surface area (Å²) in [5.74, 6) is -2.90. The zero-order valence-corrected chi connectivity index (χ0v) is 21.3. The van der Waals surface area contributed by atoms with E-state index in [1.165, 1.54) is 24.3 Å². The second kappa shape index (κ2) is 13.9. The molecule has 0 aliphatic rings. The second-order valence-electron chi connectivity index (χ2n) is 8.84. The molecule has 1 aromatic rings. The summed E-state index contributed by atoms with van der Waals surface area (Å²) < 4.78 is 10.0. The minimum atomic E-state index is -1.41. The highest BCUT2D eigenvalue weighted by Crippen LogP contribution is 2.25. The first-order chi connectivity index (χ1) is 16.8. The van der Waals surface area contributed by atoms with E-state index in [0.29, 0.717) is 0 Å². The molecule has 36 heavy (non-hydrogen) atoms. The number of nitrogens with one attached hydrogen (secondary N) is 2. The lowest BCUT2D eigenvalue weighted by Gasteiger charge is -2.33. The molecule has 0 aromatic heterocycles. The number of phenols is 1. The van der Waals surface area contributed by atoms with E-state index in [0.717, 1.165) is 4.90 Å². The molecule has 0 aliphatic heterocycles. The Kier molecular flexibility index (Phi) is 11.7. The smallest absolute Gasteiger partial charge is 0.408 e. The van der Waals surface area contributed by atoms with Crippen molar-refractivity contribution in [2.75, 3.05) is 19.7 Å². The standard InChI is InChI=1S/C24H36N4O8/c1-6-28(22(33)17(14-18(25)30)27-23(34)36-24(3,4)5)20(15-9-8-10-16(29)13-15)21(32)26-12-11-19(31)35-7-2/h8-10,13,17,20,29H,6-7,11-12,14H2,1-5H3,(H2,25,30)(H,26,32)(H,27,34). The van der Waals surface area contributed by atoms with Gasteiger partial charge in [0.2, 0.25) is 17.7 Å². The van der Waals surface area contributed by atoms with Crippen LogP contribution in [-0.4, -0.2) is 71.1 Å². The quantitative estimate of drug-likeness (QED) is 0.303. The summed E-state index contributed by atoms with van der Waals surface area (Å²) in [4.78, 5) is 63.5. The molecule has 0 saturated heterocycles. The van der Waals surface area contributed by atoms with Crippen molar-refractivity contribution in [2.24, 2.45) is 5.73 Å². The molecule has 0 heterocycles. The number of nitrogens with zero attached hydrogens (tertiary/aromatic N) is 1. The van der Waals surface area contributed by atoms with E-state index in [1.54, 1.807) is 34.6 Å². The molecule has 0 saturated carbocycles. The van der Waals surface area contributed by atoms with Gasteiger partial charge in [0.15, 0.2) is 0 Å².